The number of hydrogen-bond acceptors (Lipinski definition) is 5. The maximum absolute atomic E-state index is 12.7. The smallest absolute Gasteiger partial charge is 0.433 e. The van der Waals surface area contributed by atoms with Crippen molar-refractivity contribution in [3.8, 4) is 10.6 Å². The maximum atomic E-state index is 12.7. The summed E-state index contributed by atoms with van der Waals surface area (Å²) in [5.74, 6) is 0. The number of thiazole rings is 1. The minimum Gasteiger partial charge on any atom is -0.598 e. The largest absolute Gasteiger partial charge is 0.598 e. The van der Waals surface area contributed by atoms with Crippen LogP contribution in [0.1, 0.15) is 44.3 Å². The van der Waals surface area contributed by atoms with Gasteiger partial charge in [0.25, 0.3) is 0 Å². The third-order valence-corrected chi connectivity index (χ3v) is 6.00. The zero-order valence-corrected chi connectivity index (χ0v) is 15.3. The van der Waals surface area contributed by atoms with Crippen molar-refractivity contribution in [2.24, 2.45) is 0 Å². The number of hydrogen-bond donors (Lipinski definition) is 1. The summed E-state index contributed by atoms with van der Waals surface area (Å²) in [5, 5.41) is 0.466. The second-order valence-corrected chi connectivity index (χ2v) is 9.28. The lowest BCUT2D eigenvalue weighted by molar-refractivity contribution is -0.141. The standard InChI is InChI=1S/C15H18F3N3OS2/c1-9(21-24(22)14(2,3)4)11-8-20-13(23-11)10-5-6-19-12(7-10)15(16,17)18/h5-9,21H,1-4H3/t9-,24?/m0/s1. The van der Waals surface area contributed by atoms with Crippen molar-refractivity contribution in [3.63, 3.8) is 0 Å². The summed E-state index contributed by atoms with van der Waals surface area (Å²) in [7, 11) is 0. The van der Waals surface area contributed by atoms with Gasteiger partial charge in [-0.05, 0) is 39.8 Å². The predicted molar refractivity (Wildman–Crippen MR) is 89.8 cm³/mol. The number of aromatic nitrogens is 2. The molecule has 2 heterocycles. The summed E-state index contributed by atoms with van der Waals surface area (Å²) in [5.41, 5.74) is -0.588. The molecule has 9 heteroatoms. The normalized spacial score (nSPS) is 15.3. The van der Waals surface area contributed by atoms with E-state index in [0.717, 1.165) is 17.1 Å². The average molecular weight is 377 g/mol. The Hall–Kier alpha value is -1.16. The van der Waals surface area contributed by atoms with Crippen LogP contribution in [0.3, 0.4) is 0 Å². The van der Waals surface area contributed by atoms with Gasteiger partial charge in [-0.1, -0.05) is 0 Å². The molecule has 0 spiro atoms. The summed E-state index contributed by atoms with van der Waals surface area (Å²) in [6, 6.07) is 2.25. The van der Waals surface area contributed by atoms with Crippen molar-refractivity contribution >= 4 is 22.7 Å². The van der Waals surface area contributed by atoms with E-state index < -0.39 is 28.0 Å². The number of nitrogens with zero attached hydrogens (tertiary/aromatic N) is 2. The molecule has 0 radical (unpaired) electrons. The van der Waals surface area contributed by atoms with Crippen LogP contribution >= 0.6 is 11.3 Å². The Bertz CT molecular complexity index is 698. The van der Waals surface area contributed by atoms with E-state index in [4.69, 9.17) is 0 Å². The van der Waals surface area contributed by atoms with Crippen LogP contribution in [0.4, 0.5) is 13.2 Å². The highest BCUT2D eigenvalue weighted by Gasteiger charge is 2.33. The van der Waals surface area contributed by atoms with Crippen LogP contribution in [0, 0.1) is 0 Å². The predicted octanol–water partition coefficient (Wildman–Crippen LogP) is 4.34. The van der Waals surface area contributed by atoms with Crippen LogP contribution in [0.25, 0.3) is 10.6 Å². The Kier molecular flexibility index (Phi) is 5.58. The molecule has 0 saturated heterocycles. The van der Waals surface area contributed by atoms with Gasteiger partial charge in [-0.25, -0.2) is 4.98 Å². The van der Waals surface area contributed by atoms with E-state index in [1.807, 2.05) is 27.7 Å². The topological polar surface area (TPSA) is 60.9 Å². The summed E-state index contributed by atoms with van der Waals surface area (Å²) in [6.07, 6.45) is -1.78. The maximum Gasteiger partial charge on any atom is 0.433 e. The van der Waals surface area contributed by atoms with Gasteiger partial charge in [0.05, 0.1) is 6.04 Å². The Labute approximate surface area is 145 Å². The fraction of sp³-hybridized carbons (Fsp3) is 0.467. The molecule has 2 aromatic heterocycles. The lowest BCUT2D eigenvalue weighted by Crippen LogP contribution is -2.40. The highest BCUT2D eigenvalue weighted by Crippen LogP contribution is 2.33. The highest BCUT2D eigenvalue weighted by atomic mass is 32.2. The Morgan fingerprint density at radius 2 is 1.92 bits per heavy atom. The molecule has 24 heavy (non-hydrogen) atoms. The molecular weight excluding hydrogens is 359 g/mol. The van der Waals surface area contributed by atoms with E-state index in [1.54, 1.807) is 6.20 Å². The van der Waals surface area contributed by atoms with Crippen molar-refractivity contribution < 1.29 is 17.7 Å². The van der Waals surface area contributed by atoms with Gasteiger partial charge in [-0.15, -0.1) is 16.1 Å². The van der Waals surface area contributed by atoms with Crippen molar-refractivity contribution in [1.82, 2.24) is 14.7 Å². The van der Waals surface area contributed by atoms with Gasteiger partial charge in [-0.3, -0.25) is 4.98 Å². The van der Waals surface area contributed by atoms with Gasteiger partial charge in [0.15, 0.2) is 0 Å². The van der Waals surface area contributed by atoms with Gasteiger partial charge >= 0.3 is 6.18 Å². The van der Waals surface area contributed by atoms with E-state index in [0.29, 0.717) is 10.6 Å². The van der Waals surface area contributed by atoms with Crippen LogP contribution in [0.15, 0.2) is 24.5 Å². The number of alkyl halides is 3. The van der Waals surface area contributed by atoms with Crippen LogP contribution in [-0.2, 0) is 17.5 Å². The van der Waals surface area contributed by atoms with Crippen molar-refractivity contribution in [2.45, 2.75) is 44.7 Å². The number of halogens is 3. The molecule has 1 unspecified atom stereocenters. The first-order valence-corrected chi connectivity index (χ1v) is 9.12. The second kappa shape index (κ2) is 6.99. The van der Waals surface area contributed by atoms with E-state index in [-0.39, 0.29) is 6.04 Å². The molecule has 0 fully saturated rings. The Morgan fingerprint density at radius 3 is 2.50 bits per heavy atom. The summed E-state index contributed by atoms with van der Waals surface area (Å²) < 4.78 is 53.0. The Balaban J connectivity index is 2.19. The van der Waals surface area contributed by atoms with Crippen molar-refractivity contribution in [3.05, 3.63) is 35.1 Å². The average Bonchev–Trinajstić information content (AvgIpc) is 2.95. The third-order valence-electron chi connectivity index (χ3n) is 3.09. The van der Waals surface area contributed by atoms with E-state index in [2.05, 4.69) is 14.7 Å². The third kappa shape index (κ3) is 4.69. The van der Waals surface area contributed by atoms with Gasteiger partial charge in [0.1, 0.15) is 15.4 Å². The van der Waals surface area contributed by atoms with Gasteiger partial charge in [-0.2, -0.15) is 13.2 Å². The quantitative estimate of drug-likeness (QED) is 0.806. The zero-order chi connectivity index (χ0) is 18.1. The van der Waals surface area contributed by atoms with Crippen LogP contribution < -0.4 is 4.72 Å². The first-order chi connectivity index (χ1) is 11.0. The minimum atomic E-state index is -4.49. The lowest BCUT2D eigenvalue weighted by atomic mass is 10.2. The van der Waals surface area contributed by atoms with Crippen molar-refractivity contribution in [2.75, 3.05) is 0 Å². The van der Waals surface area contributed by atoms with Crippen LogP contribution in [0.5, 0.6) is 0 Å². The SMILES string of the molecule is C[C@H](N[S+]([O-])C(C)(C)C)c1cnc(-c2ccnc(C(F)(F)F)c2)s1. The van der Waals surface area contributed by atoms with Crippen LogP contribution in [-0.4, -0.2) is 19.3 Å². The first-order valence-electron chi connectivity index (χ1n) is 7.16. The molecule has 1 N–H and O–H groups in total. The molecule has 2 atom stereocenters. The summed E-state index contributed by atoms with van der Waals surface area (Å²) in [4.78, 5) is 8.33. The molecule has 0 aliphatic heterocycles. The lowest BCUT2D eigenvalue weighted by Gasteiger charge is -2.25. The van der Waals surface area contributed by atoms with Crippen LogP contribution in [0.2, 0.25) is 0 Å². The van der Waals surface area contributed by atoms with E-state index in [9.17, 15) is 17.7 Å². The summed E-state index contributed by atoms with van der Waals surface area (Å²) >= 11 is 0.0144. The fourth-order valence-electron chi connectivity index (χ4n) is 1.73. The molecule has 0 aliphatic rings. The highest BCUT2D eigenvalue weighted by molar-refractivity contribution is 7.90. The molecule has 132 valence electrons. The molecular formula is C15H18F3N3OS2. The molecule has 4 nitrogen and oxygen atoms in total. The molecule has 0 saturated carbocycles. The van der Waals surface area contributed by atoms with E-state index in [1.165, 1.54) is 17.4 Å². The van der Waals surface area contributed by atoms with Gasteiger partial charge in [0, 0.05) is 34.2 Å². The number of nitrogens with one attached hydrogen (secondary N) is 1. The minimum absolute atomic E-state index is 0.222. The van der Waals surface area contributed by atoms with Gasteiger partial charge in [0.2, 0.25) is 0 Å². The molecule has 2 rings (SSSR count). The zero-order valence-electron chi connectivity index (χ0n) is 13.6. The number of pyridine rings is 1. The molecule has 2 aromatic rings. The summed E-state index contributed by atoms with van der Waals surface area (Å²) in [6.45, 7) is 7.42. The van der Waals surface area contributed by atoms with E-state index >= 15 is 0 Å². The van der Waals surface area contributed by atoms with Crippen molar-refractivity contribution in [1.29, 1.82) is 0 Å². The monoisotopic (exact) mass is 377 g/mol. The molecule has 0 amide bonds. The second-order valence-electron chi connectivity index (χ2n) is 6.22. The van der Waals surface area contributed by atoms with Gasteiger partial charge < -0.3 is 4.55 Å². The fourth-order valence-corrected chi connectivity index (χ4v) is 3.53. The first kappa shape index (κ1) is 19.2. The molecule has 0 aliphatic carbocycles. The Morgan fingerprint density at radius 1 is 1.25 bits per heavy atom. The molecule has 0 aromatic carbocycles. The molecule has 0 bridgehead atoms. The number of rotatable bonds is 4.